The van der Waals surface area contributed by atoms with Gasteiger partial charge in [-0.1, -0.05) is 6.92 Å². The van der Waals surface area contributed by atoms with Crippen molar-refractivity contribution in [1.82, 2.24) is 20.2 Å². The molecule has 2 aliphatic heterocycles. The van der Waals surface area contributed by atoms with Gasteiger partial charge in [-0.25, -0.2) is 0 Å². The van der Waals surface area contributed by atoms with Crippen molar-refractivity contribution in [1.29, 1.82) is 0 Å². The highest BCUT2D eigenvalue weighted by Gasteiger charge is 2.32. The summed E-state index contributed by atoms with van der Waals surface area (Å²) in [6.45, 7) is 5.92. The molecule has 2 aromatic rings. The van der Waals surface area contributed by atoms with Gasteiger partial charge in [-0.2, -0.15) is 0 Å². The number of likely N-dealkylation sites (tertiary alicyclic amines) is 1. The molecule has 0 spiro atoms. The Bertz CT molecular complexity index is 929. The fourth-order valence-corrected chi connectivity index (χ4v) is 4.90. The Morgan fingerprint density at radius 1 is 1.20 bits per heavy atom. The molecule has 3 unspecified atom stereocenters. The standard InChI is InChI=1S/C23H32N6O/c1-16-11-18(23(30)27-19-5-4-10-28(3)15-19)14-29(13-16)20-7-6-17(12-24-2)21-22(20)26-9-8-25-21/h6-9,12,16,18-19H,4-5,10-11,13-15H2,1-3H3,(H,27,30). The van der Waals surface area contributed by atoms with Crippen LogP contribution < -0.4 is 10.2 Å². The minimum absolute atomic E-state index is 0.00964. The zero-order valence-electron chi connectivity index (χ0n) is 18.2. The monoisotopic (exact) mass is 408 g/mol. The lowest BCUT2D eigenvalue weighted by atomic mass is 9.88. The van der Waals surface area contributed by atoms with E-state index >= 15 is 0 Å². The van der Waals surface area contributed by atoms with Crippen molar-refractivity contribution in [2.45, 2.75) is 32.2 Å². The second-order valence-corrected chi connectivity index (χ2v) is 8.87. The Morgan fingerprint density at radius 3 is 2.77 bits per heavy atom. The summed E-state index contributed by atoms with van der Waals surface area (Å²) in [7, 11) is 3.89. The fourth-order valence-electron chi connectivity index (χ4n) is 4.90. The second-order valence-electron chi connectivity index (χ2n) is 8.87. The molecule has 1 aromatic carbocycles. The van der Waals surface area contributed by atoms with Crippen LogP contribution >= 0.6 is 0 Å². The Kier molecular flexibility index (Phi) is 6.27. The maximum atomic E-state index is 13.1. The van der Waals surface area contributed by atoms with Gasteiger partial charge in [0.15, 0.2) is 0 Å². The molecule has 2 fully saturated rings. The molecular formula is C23H32N6O. The number of nitrogens with one attached hydrogen (secondary N) is 1. The third kappa shape index (κ3) is 4.46. The van der Waals surface area contributed by atoms with Crippen LogP contribution in [0.2, 0.25) is 0 Å². The summed E-state index contributed by atoms with van der Waals surface area (Å²) in [5.41, 5.74) is 3.74. The number of fused-ring (bicyclic) bond motifs is 1. The fraction of sp³-hybridized carbons (Fsp3) is 0.565. The van der Waals surface area contributed by atoms with Crippen molar-refractivity contribution in [2.75, 3.05) is 45.2 Å². The molecule has 0 radical (unpaired) electrons. The van der Waals surface area contributed by atoms with E-state index in [4.69, 9.17) is 0 Å². The SMILES string of the molecule is CN=Cc1ccc(N2CC(C)CC(C(=O)NC3CCCN(C)C3)C2)c2nccnc12. The summed E-state index contributed by atoms with van der Waals surface area (Å²) in [5.74, 6) is 0.619. The molecule has 3 heterocycles. The average molecular weight is 409 g/mol. The van der Waals surface area contributed by atoms with E-state index in [-0.39, 0.29) is 17.9 Å². The van der Waals surface area contributed by atoms with Gasteiger partial charge in [-0.3, -0.25) is 19.8 Å². The summed E-state index contributed by atoms with van der Waals surface area (Å²) < 4.78 is 0. The molecule has 0 saturated carbocycles. The van der Waals surface area contributed by atoms with Gasteiger partial charge in [0, 0.05) is 56.9 Å². The van der Waals surface area contributed by atoms with Crippen LogP contribution in [0.3, 0.4) is 0 Å². The highest BCUT2D eigenvalue weighted by Crippen LogP contribution is 2.31. The van der Waals surface area contributed by atoms with E-state index in [1.54, 1.807) is 19.4 Å². The first-order valence-corrected chi connectivity index (χ1v) is 10.9. The molecule has 4 rings (SSSR count). The van der Waals surface area contributed by atoms with Crippen LogP contribution in [-0.2, 0) is 4.79 Å². The predicted molar refractivity (Wildman–Crippen MR) is 121 cm³/mol. The number of anilines is 1. The minimum Gasteiger partial charge on any atom is -0.369 e. The Hall–Kier alpha value is -2.54. The number of amides is 1. The van der Waals surface area contributed by atoms with Crippen LogP contribution in [0, 0.1) is 11.8 Å². The van der Waals surface area contributed by atoms with Crippen LogP contribution in [0.1, 0.15) is 31.7 Å². The Morgan fingerprint density at radius 2 is 2.00 bits per heavy atom. The van der Waals surface area contributed by atoms with Crippen LogP contribution in [-0.4, -0.2) is 73.3 Å². The summed E-state index contributed by atoms with van der Waals surface area (Å²) in [4.78, 5) is 31.0. The Labute approximate surface area is 178 Å². The Balaban J connectivity index is 1.55. The molecule has 30 heavy (non-hydrogen) atoms. The van der Waals surface area contributed by atoms with Gasteiger partial charge in [0.05, 0.1) is 17.1 Å². The predicted octanol–water partition coefficient (Wildman–Crippen LogP) is 2.35. The smallest absolute Gasteiger partial charge is 0.225 e. The largest absolute Gasteiger partial charge is 0.369 e. The molecule has 7 heteroatoms. The molecule has 2 saturated heterocycles. The molecule has 1 amide bonds. The molecule has 7 nitrogen and oxygen atoms in total. The van der Waals surface area contributed by atoms with Gasteiger partial charge in [0.1, 0.15) is 5.52 Å². The first-order valence-electron chi connectivity index (χ1n) is 10.9. The van der Waals surface area contributed by atoms with Gasteiger partial charge in [-0.15, -0.1) is 0 Å². The van der Waals surface area contributed by atoms with Gasteiger partial charge in [0.2, 0.25) is 5.91 Å². The maximum absolute atomic E-state index is 13.1. The topological polar surface area (TPSA) is 73.7 Å². The quantitative estimate of drug-likeness (QED) is 0.786. The first kappa shape index (κ1) is 20.7. The lowest BCUT2D eigenvalue weighted by molar-refractivity contribution is -0.126. The molecule has 160 valence electrons. The lowest BCUT2D eigenvalue weighted by Gasteiger charge is -2.38. The highest BCUT2D eigenvalue weighted by atomic mass is 16.2. The van der Waals surface area contributed by atoms with Crippen LogP contribution in [0.25, 0.3) is 11.0 Å². The zero-order valence-corrected chi connectivity index (χ0v) is 18.2. The average Bonchev–Trinajstić information content (AvgIpc) is 2.74. The van der Waals surface area contributed by atoms with Gasteiger partial charge in [0.25, 0.3) is 0 Å². The molecule has 3 atom stereocenters. The van der Waals surface area contributed by atoms with Crippen LogP contribution in [0.5, 0.6) is 0 Å². The van der Waals surface area contributed by atoms with Crippen LogP contribution in [0.4, 0.5) is 5.69 Å². The van der Waals surface area contributed by atoms with E-state index in [1.165, 1.54) is 0 Å². The van der Waals surface area contributed by atoms with E-state index in [0.29, 0.717) is 12.5 Å². The van der Waals surface area contributed by atoms with Crippen molar-refractivity contribution in [3.63, 3.8) is 0 Å². The number of likely N-dealkylation sites (N-methyl/N-ethyl adjacent to an activating group) is 1. The number of hydrogen-bond donors (Lipinski definition) is 1. The number of carbonyl (C=O) groups is 1. The highest BCUT2D eigenvalue weighted by molar-refractivity contribution is 6.01. The van der Waals surface area contributed by atoms with E-state index in [1.807, 2.05) is 12.3 Å². The van der Waals surface area contributed by atoms with Crippen molar-refractivity contribution in [3.8, 4) is 0 Å². The van der Waals surface area contributed by atoms with Crippen molar-refractivity contribution in [3.05, 3.63) is 30.1 Å². The molecule has 0 aliphatic carbocycles. The molecule has 1 N–H and O–H groups in total. The van der Waals surface area contributed by atoms with Gasteiger partial charge in [-0.05, 0) is 50.9 Å². The maximum Gasteiger partial charge on any atom is 0.225 e. The van der Waals surface area contributed by atoms with E-state index in [9.17, 15) is 4.79 Å². The molecule has 1 aromatic heterocycles. The van der Waals surface area contributed by atoms with Gasteiger partial charge >= 0.3 is 0 Å². The van der Waals surface area contributed by atoms with E-state index < -0.39 is 0 Å². The summed E-state index contributed by atoms with van der Waals surface area (Å²) in [6, 6.07) is 4.41. The second kappa shape index (κ2) is 9.08. The van der Waals surface area contributed by atoms with Crippen molar-refractivity contribution >= 4 is 28.8 Å². The lowest BCUT2D eigenvalue weighted by Crippen LogP contribution is -2.51. The number of rotatable bonds is 4. The third-order valence-electron chi connectivity index (χ3n) is 6.25. The summed E-state index contributed by atoms with van der Waals surface area (Å²) in [5, 5.41) is 3.32. The summed E-state index contributed by atoms with van der Waals surface area (Å²) >= 11 is 0. The number of piperidine rings is 2. The number of aromatic nitrogens is 2. The minimum atomic E-state index is -0.00964. The van der Waals surface area contributed by atoms with Crippen LogP contribution in [0.15, 0.2) is 29.5 Å². The number of aliphatic imine (C=N–C) groups is 1. The number of carbonyl (C=O) groups excluding carboxylic acids is 1. The first-order chi connectivity index (χ1) is 14.5. The molecule has 0 bridgehead atoms. The number of hydrogen-bond acceptors (Lipinski definition) is 6. The number of benzene rings is 1. The van der Waals surface area contributed by atoms with E-state index in [2.05, 4.69) is 50.1 Å². The molecule has 2 aliphatic rings. The van der Waals surface area contributed by atoms with Crippen molar-refractivity contribution in [2.24, 2.45) is 16.8 Å². The summed E-state index contributed by atoms with van der Waals surface area (Å²) in [6.07, 6.45) is 8.41. The number of nitrogens with zero attached hydrogens (tertiary/aromatic N) is 5. The van der Waals surface area contributed by atoms with E-state index in [0.717, 1.165) is 61.2 Å². The van der Waals surface area contributed by atoms with Gasteiger partial charge < -0.3 is 15.1 Å². The normalized spacial score (nSPS) is 25.7. The zero-order chi connectivity index (χ0) is 21.1. The molecular weight excluding hydrogens is 376 g/mol. The van der Waals surface area contributed by atoms with Crippen molar-refractivity contribution < 1.29 is 4.79 Å². The third-order valence-corrected chi connectivity index (χ3v) is 6.25.